The van der Waals surface area contributed by atoms with E-state index in [1.165, 1.54) is 289 Å². The number of hydrogen-bond donors (Lipinski definition) is 1. The van der Waals surface area contributed by atoms with Gasteiger partial charge in [0.25, 0.3) is 0 Å². The number of nitrogens with one attached hydrogen (secondary N) is 1. The molecule has 107 heavy (non-hydrogen) atoms. The smallest absolute Gasteiger partial charge is 0.119 e. The van der Waals surface area contributed by atoms with Crippen LogP contribution in [0.15, 0.2) is 219 Å². The Kier molecular flexibility index (Phi) is 29.2. The highest BCUT2D eigenvalue weighted by Crippen LogP contribution is 2.61. The minimum atomic E-state index is 0. The first kappa shape index (κ1) is 81.8. The van der Waals surface area contributed by atoms with E-state index in [-0.39, 0.29) is 18.0 Å². The Morgan fingerprint density at radius 2 is 1.09 bits per heavy atom. The van der Waals surface area contributed by atoms with Crippen LogP contribution in [0.5, 0.6) is 0 Å². The summed E-state index contributed by atoms with van der Waals surface area (Å²) in [6.45, 7) is 43.0. The van der Waals surface area contributed by atoms with Gasteiger partial charge in [0.1, 0.15) is 5.76 Å². The molecule has 0 amide bonds. The summed E-state index contributed by atoms with van der Waals surface area (Å²) < 4.78 is 11.4. The fraction of sp³-hybridized carbons (Fsp3) is 0.490. The molecule has 8 saturated carbocycles. The summed E-state index contributed by atoms with van der Waals surface area (Å²) in [5.41, 5.74) is 29.5. The molecule has 11 atom stereocenters. The predicted molar refractivity (Wildman–Crippen MR) is 457 cm³/mol. The number of quaternary nitrogens is 1. The van der Waals surface area contributed by atoms with Crippen molar-refractivity contribution in [2.75, 3.05) is 46.9 Å². The van der Waals surface area contributed by atoms with Gasteiger partial charge in [-0.05, 0) is 293 Å². The van der Waals surface area contributed by atoms with Gasteiger partial charge in [-0.3, -0.25) is 4.90 Å². The van der Waals surface area contributed by atoms with Gasteiger partial charge >= 0.3 is 0 Å². The highest BCUT2D eigenvalue weighted by molar-refractivity contribution is 7.81. The van der Waals surface area contributed by atoms with Crippen molar-refractivity contribution in [3.8, 4) is 0 Å². The highest BCUT2D eigenvalue weighted by atomic mass is 35.5. The van der Waals surface area contributed by atoms with Crippen LogP contribution in [-0.4, -0.2) is 68.4 Å². The zero-order valence-corrected chi connectivity index (χ0v) is 68.4. The third kappa shape index (κ3) is 20.0. The molecule has 1 spiro atoms. The molecule has 5 aromatic rings. The Morgan fingerprint density at radius 1 is 0.523 bits per heavy atom. The lowest BCUT2D eigenvalue weighted by molar-refractivity contribution is -0.857. The Morgan fingerprint density at radius 3 is 1.64 bits per heavy atom. The normalized spacial score (nSPS) is 28.6. The molecular formula is C100H128Cl2N2O2S. The van der Waals surface area contributed by atoms with Crippen molar-refractivity contribution in [3.63, 3.8) is 0 Å². The molecular weight excluding hydrogens is 1360 g/mol. The molecule has 570 valence electrons. The summed E-state index contributed by atoms with van der Waals surface area (Å²) in [6, 6.07) is 43.2. The molecule has 0 radical (unpaired) electrons. The topological polar surface area (TPSA) is 26.1 Å². The minimum absolute atomic E-state index is 0. The Hall–Kier alpha value is -6.15. The number of halogens is 2. The number of piperidine rings is 1. The van der Waals surface area contributed by atoms with Gasteiger partial charge < -0.3 is 26.8 Å². The van der Waals surface area contributed by atoms with Crippen molar-refractivity contribution in [2.24, 2.45) is 52.8 Å². The van der Waals surface area contributed by atoms with Crippen LogP contribution in [0, 0.1) is 52.8 Å². The summed E-state index contributed by atoms with van der Waals surface area (Å²) in [6.07, 6.45) is 39.9. The van der Waals surface area contributed by atoms with Crippen LogP contribution in [0.25, 0.3) is 22.5 Å². The number of nitrogens with zero attached hydrogens (tertiary/aromatic N) is 1. The van der Waals surface area contributed by atoms with E-state index in [1.54, 1.807) is 0 Å². The van der Waals surface area contributed by atoms with Crippen LogP contribution in [0.2, 0.25) is 0 Å². The molecule has 16 aliphatic rings. The average molecular weight is 1490 g/mol. The Balaban J connectivity index is 0.000000121. The maximum absolute atomic E-state index is 6.12. The predicted octanol–water partition coefficient (Wildman–Crippen LogP) is 21.2. The molecule has 0 aromatic heterocycles. The van der Waals surface area contributed by atoms with Gasteiger partial charge in [0.2, 0.25) is 0 Å². The number of rotatable bonds is 3. The van der Waals surface area contributed by atoms with E-state index in [1.807, 2.05) is 11.6 Å². The standard InChI is InChI=1S/C20H23N.C12H18.C12H14.C11H16O.C10H15Cl.C10H10O.C10H10.C8H10S.C7H11N.ClH/c1-21(2)15-7-12-20-18-10-5-3-8-16(18)13-14-17-9-4-6-11-19(17)20;1-9-5-3-4-6-11-10(2)7-8-12(9)11;1-10-6-2-3-7-11-8-4-5-9-12(10)11;1-8-7-9-4-6-11(12-9)5-2-3-10(8)11;1-10(2)8-4-3-7(6-11)9(10)5-8;1-8-10-5-3-2-4-9(10)6-7-11-8;1-8-6-7-9-4-2-3-5-10(8)9;1-5-6-2-3-7(4-6)8(5)9;1-6-4-8-3-2-7(6)5-8;/h3-6,8-12H,7,13-15H2,1-2H3;11-12H,1-8H2;4-5,8-9H,1-3,6-7H2;9-10H,1-7H2;6,8-9H,3-5H2,1-2H3;2-5H,1,6-7H2;2-5H,1,6-7H2;6-7H,1-4H2;7H,1-5H2;1H/b;;;;7-6+;;;;;/t;;;9-,10?,11+;8-,9-;;;6-,7+;7-;/m...10..00./s1. The molecule has 4 nitrogen and oxygen atoms in total. The molecule has 21 rings (SSSR count). The molecule has 4 saturated heterocycles. The Labute approximate surface area is 664 Å². The van der Waals surface area contributed by atoms with Crippen molar-refractivity contribution < 1.29 is 26.8 Å². The van der Waals surface area contributed by atoms with Crippen molar-refractivity contribution in [2.45, 2.75) is 212 Å². The molecule has 5 heterocycles. The van der Waals surface area contributed by atoms with Gasteiger partial charge in [0.05, 0.1) is 39.0 Å². The zero-order valence-electron chi connectivity index (χ0n) is 66.0. The number of fused-ring (bicyclic) bond motifs is 13. The van der Waals surface area contributed by atoms with Gasteiger partial charge in [0.15, 0.2) is 0 Å². The van der Waals surface area contributed by atoms with Gasteiger partial charge in [-0.2, -0.15) is 0 Å². The molecule has 4 unspecified atom stereocenters. The lowest BCUT2D eigenvalue weighted by atomic mass is 9.47. The number of hydrogen-bond acceptors (Lipinski definition) is 4. The van der Waals surface area contributed by atoms with Crippen molar-refractivity contribution in [1.82, 2.24) is 4.90 Å². The quantitative estimate of drug-likeness (QED) is 0.0843. The lowest BCUT2D eigenvalue weighted by Crippen LogP contribution is -3.05. The van der Waals surface area contributed by atoms with Crippen molar-refractivity contribution >= 4 is 51.2 Å². The second-order valence-electron chi connectivity index (χ2n) is 34.6. The van der Waals surface area contributed by atoms with E-state index in [0.29, 0.717) is 11.5 Å². The first-order valence-corrected chi connectivity index (χ1v) is 42.3. The molecule has 11 aliphatic carbocycles. The van der Waals surface area contributed by atoms with Crippen LogP contribution < -0.4 is 17.3 Å². The third-order valence-corrected chi connectivity index (χ3v) is 28.1. The largest absolute Gasteiger partial charge is 1.00 e. The van der Waals surface area contributed by atoms with Crippen LogP contribution in [0.3, 0.4) is 0 Å². The van der Waals surface area contributed by atoms with Gasteiger partial charge in [-0.25, -0.2) is 0 Å². The second-order valence-corrected chi connectivity index (χ2v) is 35.2. The SMILES string of the molecule is C=C1C(=S)[C@@H]2CC[C@H]1C2.C=C1CCC2C(=C)CCCCC12.C=C1CCCCc2ccccc21.C=C1CCc2ccccc21.C=C1CN2CC[C@H]1C2.C=C1C[C@H]2CC[C@]3(CCCC13)O2.C=C1OCCc2ccccc21.CC1(C)[C@H]2CC/C(=C\Cl)[C@@H]1C2.C[NH+](C)CCC=C1c2ccccc2CCc2ccccc21.[Cl-]. The molecule has 5 aromatic carbocycles. The van der Waals surface area contributed by atoms with E-state index in [2.05, 4.69) is 207 Å². The van der Waals surface area contributed by atoms with Crippen LogP contribution >= 0.6 is 23.8 Å². The van der Waals surface area contributed by atoms with Crippen molar-refractivity contribution in [1.29, 1.82) is 0 Å². The summed E-state index contributed by atoms with van der Waals surface area (Å²) in [5.74, 6) is 7.32. The maximum atomic E-state index is 6.12. The van der Waals surface area contributed by atoms with E-state index in [9.17, 15) is 0 Å². The average Bonchev–Trinajstić information content (AvgIpc) is 1.47. The lowest BCUT2D eigenvalue weighted by Gasteiger charge is -2.57. The van der Waals surface area contributed by atoms with Gasteiger partial charge in [-0.1, -0.05) is 252 Å². The zero-order chi connectivity index (χ0) is 74.5. The second kappa shape index (κ2) is 38.2. The molecule has 8 bridgehead atoms. The summed E-state index contributed by atoms with van der Waals surface area (Å²) in [4.78, 5) is 5.17. The van der Waals surface area contributed by atoms with E-state index >= 15 is 0 Å². The summed E-state index contributed by atoms with van der Waals surface area (Å²) in [7, 11) is 4.43. The summed E-state index contributed by atoms with van der Waals surface area (Å²) >= 11 is 11.0. The minimum Gasteiger partial charge on any atom is -1.00 e. The number of aryl methyl sites for hydroxylation is 4. The first-order valence-electron chi connectivity index (χ1n) is 41.5. The number of thiocarbonyl (C=S) groups is 1. The van der Waals surface area contributed by atoms with E-state index in [0.717, 1.165) is 98.2 Å². The van der Waals surface area contributed by atoms with E-state index in [4.69, 9.17) is 33.3 Å². The maximum Gasteiger partial charge on any atom is 0.119 e. The Bertz CT molecular complexity index is 4010. The molecule has 12 fully saturated rings. The molecule has 7 heteroatoms. The highest BCUT2D eigenvalue weighted by Gasteiger charge is 2.54. The van der Waals surface area contributed by atoms with Gasteiger partial charge in [-0.15, -0.1) is 0 Å². The fourth-order valence-corrected chi connectivity index (χ4v) is 21.3. The van der Waals surface area contributed by atoms with E-state index < -0.39 is 0 Å². The third-order valence-electron chi connectivity index (χ3n) is 27.2. The first-order chi connectivity index (χ1) is 51.3. The molecule has 1 N–H and O–H groups in total. The van der Waals surface area contributed by atoms with Gasteiger partial charge in [0, 0.05) is 47.8 Å². The van der Waals surface area contributed by atoms with Crippen LogP contribution in [0.1, 0.15) is 224 Å². The molecule has 5 aliphatic heterocycles. The van der Waals surface area contributed by atoms with Crippen molar-refractivity contribution in [3.05, 3.63) is 275 Å². The van der Waals surface area contributed by atoms with Crippen LogP contribution in [0.4, 0.5) is 0 Å². The number of allylic oxidation sites excluding steroid dienone is 6. The number of benzene rings is 5. The van der Waals surface area contributed by atoms with Crippen LogP contribution in [-0.2, 0) is 41.6 Å². The summed E-state index contributed by atoms with van der Waals surface area (Å²) in [5, 5.41) is 0. The fourth-order valence-electron chi connectivity index (χ4n) is 20.7. The number of ether oxygens (including phenoxy) is 2. The monoisotopic (exact) mass is 1490 g/mol.